The summed E-state index contributed by atoms with van der Waals surface area (Å²) in [5.74, 6) is 0. The maximum Gasteiger partial charge on any atom is 0.321 e. The molecule has 1 heterocycles. The minimum absolute atomic E-state index is 0.0359. The first-order valence-electron chi connectivity index (χ1n) is 9.95. The molecule has 0 atom stereocenters. The Morgan fingerprint density at radius 2 is 1.62 bits per heavy atom. The summed E-state index contributed by atoms with van der Waals surface area (Å²) >= 11 is 6.10. The maximum absolute atomic E-state index is 12.8. The van der Waals surface area contributed by atoms with E-state index < -0.39 is 0 Å². The molecule has 1 aliphatic heterocycles. The molecule has 5 rings (SSSR count). The van der Waals surface area contributed by atoms with Crippen molar-refractivity contribution in [1.82, 2.24) is 4.90 Å². The summed E-state index contributed by atoms with van der Waals surface area (Å²) in [5, 5.41) is 3.82. The average molecular weight is 404 g/mol. The first-order valence-corrected chi connectivity index (χ1v) is 10.3. The van der Waals surface area contributed by atoms with E-state index in [-0.39, 0.29) is 6.03 Å². The smallest absolute Gasteiger partial charge is 0.321 e. The zero-order valence-electron chi connectivity index (χ0n) is 16.1. The summed E-state index contributed by atoms with van der Waals surface area (Å²) in [6, 6.07) is 22.6. The molecule has 1 fully saturated rings. The Bertz CT molecular complexity index is 1070. The Balaban J connectivity index is 1.22. The number of urea groups is 1. The minimum Gasteiger partial charge on any atom is -0.368 e. The molecular weight excluding hydrogens is 382 g/mol. The van der Waals surface area contributed by atoms with Crippen molar-refractivity contribution in [2.24, 2.45) is 0 Å². The molecule has 0 bridgehead atoms. The van der Waals surface area contributed by atoms with Crippen LogP contribution in [-0.4, -0.2) is 37.1 Å². The highest BCUT2D eigenvalue weighted by atomic mass is 35.5. The zero-order chi connectivity index (χ0) is 19.8. The van der Waals surface area contributed by atoms with Crippen LogP contribution < -0.4 is 10.2 Å². The summed E-state index contributed by atoms with van der Waals surface area (Å²) in [4.78, 5) is 16.9. The number of nitrogens with zero attached hydrogens (tertiary/aromatic N) is 2. The maximum atomic E-state index is 12.8. The van der Waals surface area contributed by atoms with Crippen molar-refractivity contribution in [3.8, 4) is 11.1 Å². The van der Waals surface area contributed by atoms with E-state index in [2.05, 4.69) is 52.7 Å². The second-order valence-electron chi connectivity index (χ2n) is 7.59. The standard InChI is InChI=1S/C24H22ClN3O/c25-19-5-3-6-21(16-19)27-10-12-28(13-11-27)24(29)26-20-8-9-23-18(15-20)14-17-4-1-2-7-22(17)23/h1-9,15-16H,10-14H2,(H,26,29). The number of fused-ring (bicyclic) bond motifs is 3. The normalized spacial score (nSPS) is 15.1. The van der Waals surface area contributed by atoms with Crippen LogP contribution in [0.5, 0.6) is 0 Å². The second-order valence-corrected chi connectivity index (χ2v) is 8.03. The van der Waals surface area contributed by atoms with Gasteiger partial charge in [0.25, 0.3) is 0 Å². The number of carbonyl (C=O) groups excluding carboxylic acids is 1. The van der Waals surface area contributed by atoms with E-state index in [0.29, 0.717) is 13.1 Å². The van der Waals surface area contributed by atoms with Gasteiger partial charge in [-0.3, -0.25) is 0 Å². The van der Waals surface area contributed by atoms with Gasteiger partial charge in [0, 0.05) is 42.6 Å². The van der Waals surface area contributed by atoms with Crippen LogP contribution in [-0.2, 0) is 6.42 Å². The third-order valence-corrected chi connectivity index (χ3v) is 6.02. The molecule has 0 saturated carbocycles. The molecule has 0 radical (unpaired) electrons. The second kappa shape index (κ2) is 7.45. The molecule has 1 N–H and O–H groups in total. The molecule has 4 nitrogen and oxygen atoms in total. The van der Waals surface area contributed by atoms with Crippen molar-refractivity contribution in [2.45, 2.75) is 6.42 Å². The summed E-state index contributed by atoms with van der Waals surface area (Å²) in [5.41, 5.74) is 7.17. The van der Waals surface area contributed by atoms with Crippen molar-refractivity contribution < 1.29 is 4.79 Å². The van der Waals surface area contributed by atoms with E-state index in [1.54, 1.807) is 0 Å². The van der Waals surface area contributed by atoms with Crippen LogP contribution in [0.4, 0.5) is 16.2 Å². The van der Waals surface area contributed by atoms with Crippen LogP contribution in [0.15, 0.2) is 66.7 Å². The van der Waals surface area contributed by atoms with Gasteiger partial charge in [-0.1, -0.05) is 48.0 Å². The quantitative estimate of drug-likeness (QED) is 0.495. The molecule has 0 unspecified atom stereocenters. The Labute approximate surface area is 175 Å². The number of rotatable bonds is 2. The number of benzene rings is 3. The summed E-state index contributed by atoms with van der Waals surface area (Å²) in [6.45, 7) is 2.98. The first kappa shape index (κ1) is 18.1. The van der Waals surface area contributed by atoms with Gasteiger partial charge in [0.05, 0.1) is 0 Å². The first-order chi connectivity index (χ1) is 14.2. The third-order valence-electron chi connectivity index (χ3n) is 5.79. The Kier molecular flexibility index (Phi) is 4.64. The minimum atomic E-state index is -0.0359. The molecule has 3 aromatic rings. The number of hydrogen-bond donors (Lipinski definition) is 1. The van der Waals surface area contributed by atoms with Crippen molar-refractivity contribution >= 4 is 29.0 Å². The molecule has 1 aliphatic carbocycles. The summed E-state index contributed by atoms with van der Waals surface area (Å²) in [7, 11) is 0. The van der Waals surface area contributed by atoms with Gasteiger partial charge in [-0.25, -0.2) is 4.79 Å². The average Bonchev–Trinajstić information content (AvgIpc) is 3.11. The van der Waals surface area contributed by atoms with Gasteiger partial charge in [0.1, 0.15) is 0 Å². The van der Waals surface area contributed by atoms with E-state index in [1.165, 1.54) is 22.3 Å². The number of hydrogen-bond acceptors (Lipinski definition) is 2. The molecule has 2 amide bonds. The lowest BCUT2D eigenvalue weighted by Gasteiger charge is -2.36. The molecular formula is C24H22ClN3O. The molecule has 146 valence electrons. The number of halogens is 1. The van der Waals surface area contributed by atoms with Crippen molar-refractivity contribution in [2.75, 3.05) is 36.4 Å². The van der Waals surface area contributed by atoms with Crippen molar-refractivity contribution in [3.63, 3.8) is 0 Å². The van der Waals surface area contributed by atoms with Crippen LogP contribution in [0.2, 0.25) is 5.02 Å². The van der Waals surface area contributed by atoms with Crippen LogP contribution in [0, 0.1) is 0 Å². The van der Waals surface area contributed by atoms with Crippen LogP contribution >= 0.6 is 11.6 Å². The lowest BCUT2D eigenvalue weighted by atomic mass is 10.1. The van der Waals surface area contributed by atoms with Crippen LogP contribution in [0.3, 0.4) is 0 Å². The van der Waals surface area contributed by atoms with Gasteiger partial charge in [-0.15, -0.1) is 0 Å². The van der Waals surface area contributed by atoms with E-state index in [1.807, 2.05) is 29.2 Å². The molecule has 0 aromatic heterocycles. The van der Waals surface area contributed by atoms with Crippen LogP contribution in [0.1, 0.15) is 11.1 Å². The van der Waals surface area contributed by atoms with Crippen molar-refractivity contribution in [3.05, 3.63) is 82.9 Å². The molecule has 0 spiro atoms. The largest absolute Gasteiger partial charge is 0.368 e. The molecule has 5 heteroatoms. The lowest BCUT2D eigenvalue weighted by molar-refractivity contribution is 0.208. The fourth-order valence-electron chi connectivity index (χ4n) is 4.27. The molecule has 29 heavy (non-hydrogen) atoms. The number of anilines is 2. The van der Waals surface area contributed by atoms with Gasteiger partial charge in [0.2, 0.25) is 0 Å². The van der Waals surface area contributed by atoms with Gasteiger partial charge in [-0.2, -0.15) is 0 Å². The fourth-order valence-corrected chi connectivity index (χ4v) is 4.45. The van der Waals surface area contributed by atoms with Gasteiger partial charge < -0.3 is 15.1 Å². The molecule has 2 aliphatic rings. The monoisotopic (exact) mass is 403 g/mol. The SMILES string of the molecule is O=C(Nc1ccc2c(c1)Cc1ccccc1-2)N1CCN(c2cccc(Cl)c2)CC1. The Hall–Kier alpha value is -2.98. The predicted molar refractivity (Wildman–Crippen MR) is 119 cm³/mol. The number of carbonyl (C=O) groups is 1. The van der Waals surface area contributed by atoms with Gasteiger partial charge in [0.15, 0.2) is 0 Å². The topological polar surface area (TPSA) is 35.6 Å². The molecule has 3 aromatic carbocycles. The summed E-state index contributed by atoms with van der Waals surface area (Å²) < 4.78 is 0. The third kappa shape index (κ3) is 3.56. The van der Waals surface area contributed by atoms with Gasteiger partial charge in [-0.05, 0) is 59.0 Å². The van der Waals surface area contributed by atoms with E-state index in [4.69, 9.17) is 11.6 Å². The number of nitrogens with one attached hydrogen (secondary N) is 1. The Morgan fingerprint density at radius 3 is 2.45 bits per heavy atom. The highest BCUT2D eigenvalue weighted by Gasteiger charge is 2.23. The highest BCUT2D eigenvalue weighted by molar-refractivity contribution is 6.30. The van der Waals surface area contributed by atoms with E-state index >= 15 is 0 Å². The molecule has 1 saturated heterocycles. The van der Waals surface area contributed by atoms with Crippen molar-refractivity contribution in [1.29, 1.82) is 0 Å². The summed E-state index contributed by atoms with van der Waals surface area (Å²) in [6.07, 6.45) is 0.924. The van der Waals surface area contributed by atoms with Crippen LogP contribution in [0.25, 0.3) is 11.1 Å². The van der Waals surface area contributed by atoms with Gasteiger partial charge >= 0.3 is 6.03 Å². The Morgan fingerprint density at radius 1 is 0.828 bits per heavy atom. The number of piperazine rings is 1. The zero-order valence-corrected chi connectivity index (χ0v) is 16.8. The lowest BCUT2D eigenvalue weighted by Crippen LogP contribution is -2.50. The predicted octanol–water partition coefficient (Wildman–Crippen LogP) is 5.27. The van der Waals surface area contributed by atoms with E-state index in [9.17, 15) is 4.79 Å². The fraction of sp³-hybridized carbons (Fsp3) is 0.208. The van der Waals surface area contributed by atoms with E-state index in [0.717, 1.165) is 35.9 Å². The number of amides is 2. The highest BCUT2D eigenvalue weighted by Crippen LogP contribution is 2.37.